The average Bonchev–Trinajstić information content (AvgIpc) is 2.23. The highest BCUT2D eigenvalue weighted by Crippen LogP contribution is 2.28. The Kier molecular flexibility index (Phi) is 3.14. The van der Waals surface area contributed by atoms with Crippen LogP contribution in [0.25, 0.3) is 0 Å². The van der Waals surface area contributed by atoms with Crippen LogP contribution in [0, 0.1) is 17.6 Å². The van der Waals surface area contributed by atoms with E-state index in [2.05, 4.69) is 15.3 Å². The molecule has 88 valence electrons. The number of hydrogen-bond acceptors (Lipinski definition) is 3. The summed E-state index contributed by atoms with van der Waals surface area (Å²) in [4.78, 5) is 6.89. The second kappa shape index (κ2) is 4.58. The molecule has 2 aromatic rings. The van der Waals surface area contributed by atoms with Crippen LogP contribution in [-0.2, 0) is 0 Å². The van der Waals surface area contributed by atoms with Gasteiger partial charge in [-0.05, 0) is 6.07 Å². The smallest absolute Gasteiger partial charge is 0.218 e. The van der Waals surface area contributed by atoms with Crippen molar-refractivity contribution in [1.29, 1.82) is 0 Å². The van der Waals surface area contributed by atoms with Gasteiger partial charge < -0.3 is 5.32 Å². The lowest BCUT2D eigenvalue weighted by molar-refractivity contribution is 0.579. The molecular weight excluding hydrogens is 255 g/mol. The quantitative estimate of drug-likeness (QED) is 0.841. The van der Waals surface area contributed by atoms with E-state index in [4.69, 9.17) is 11.6 Å². The number of anilines is 2. The Hall–Kier alpha value is -1.82. The van der Waals surface area contributed by atoms with Crippen molar-refractivity contribution in [3.05, 3.63) is 47.1 Å². The maximum atomic E-state index is 13.4. The molecule has 0 aliphatic rings. The highest BCUT2D eigenvalue weighted by molar-refractivity contribution is 6.33. The van der Waals surface area contributed by atoms with E-state index < -0.39 is 17.6 Å². The molecule has 0 aliphatic carbocycles. The molecule has 7 heteroatoms. The van der Waals surface area contributed by atoms with E-state index in [0.717, 1.165) is 18.5 Å². The molecule has 0 fully saturated rings. The number of hydrogen-bond donors (Lipinski definition) is 1. The van der Waals surface area contributed by atoms with E-state index in [1.807, 2.05) is 0 Å². The number of aromatic nitrogens is 2. The van der Waals surface area contributed by atoms with Crippen LogP contribution in [0.15, 0.2) is 24.5 Å². The molecule has 0 bridgehead atoms. The Bertz CT molecular complexity index is 539. The summed E-state index contributed by atoms with van der Waals surface area (Å²) in [5, 5.41) is 2.28. The highest BCUT2D eigenvalue weighted by atomic mass is 35.5. The van der Waals surface area contributed by atoms with Crippen molar-refractivity contribution < 1.29 is 13.2 Å². The third kappa shape index (κ3) is 2.65. The fourth-order valence-electron chi connectivity index (χ4n) is 1.19. The Morgan fingerprint density at radius 2 is 1.82 bits per heavy atom. The van der Waals surface area contributed by atoms with Gasteiger partial charge in [-0.1, -0.05) is 11.6 Å². The van der Waals surface area contributed by atoms with E-state index in [1.54, 1.807) is 0 Å². The van der Waals surface area contributed by atoms with Gasteiger partial charge in [-0.15, -0.1) is 0 Å². The van der Waals surface area contributed by atoms with Gasteiger partial charge in [0.2, 0.25) is 5.95 Å². The summed E-state index contributed by atoms with van der Waals surface area (Å²) in [6, 6.07) is 2.55. The topological polar surface area (TPSA) is 37.8 Å². The highest BCUT2D eigenvalue weighted by Gasteiger charge is 2.11. The van der Waals surface area contributed by atoms with Crippen molar-refractivity contribution in [1.82, 2.24) is 9.97 Å². The summed E-state index contributed by atoms with van der Waals surface area (Å²) in [6.45, 7) is 0. The lowest BCUT2D eigenvalue weighted by Gasteiger charge is -2.08. The number of rotatable bonds is 2. The van der Waals surface area contributed by atoms with Crippen molar-refractivity contribution in [3.8, 4) is 0 Å². The van der Waals surface area contributed by atoms with Crippen LogP contribution in [0.4, 0.5) is 24.7 Å². The Balaban J connectivity index is 2.36. The van der Waals surface area contributed by atoms with Crippen LogP contribution in [0.5, 0.6) is 0 Å². The predicted molar refractivity (Wildman–Crippen MR) is 56.6 cm³/mol. The Morgan fingerprint density at radius 3 is 2.47 bits per heavy atom. The minimum absolute atomic E-state index is 0.0184. The molecule has 3 nitrogen and oxygen atoms in total. The predicted octanol–water partition coefficient (Wildman–Crippen LogP) is 3.29. The first-order valence-electron chi connectivity index (χ1n) is 4.45. The molecule has 0 aliphatic heterocycles. The van der Waals surface area contributed by atoms with Crippen LogP contribution in [0.3, 0.4) is 0 Å². The third-order valence-electron chi connectivity index (χ3n) is 1.89. The van der Waals surface area contributed by atoms with Crippen molar-refractivity contribution in [2.45, 2.75) is 0 Å². The van der Waals surface area contributed by atoms with Gasteiger partial charge in [0, 0.05) is 12.1 Å². The minimum atomic E-state index is -0.894. The first kappa shape index (κ1) is 11.7. The number of benzene rings is 1. The molecule has 2 rings (SSSR count). The SMILES string of the molecule is Fc1cc(F)c(Nc2cc(F)ncn2)c(Cl)c1. The van der Waals surface area contributed by atoms with Crippen LogP contribution >= 0.6 is 11.6 Å². The van der Waals surface area contributed by atoms with Gasteiger partial charge >= 0.3 is 0 Å². The number of nitrogens with one attached hydrogen (secondary N) is 1. The molecule has 17 heavy (non-hydrogen) atoms. The zero-order valence-corrected chi connectivity index (χ0v) is 8.97. The van der Waals surface area contributed by atoms with E-state index in [1.165, 1.54) is 0 Å². The molecule has 0 saturated heterocycles. The van der Waals surface area contributed by atoms with Gasteiger partial charge in [0.25, 0.3) is 0 Å². The molecule has 0 amide bonds. The fourth-order valence-corrected chi connectivity index (χ4v) is 1.43. The molecule has 0 spiro atoms. The Morgan fingerprint density at radius 1 is 1.06 bits per heavy atom. The summed E-state index contributed by atoms with van der Waals surface area (Å²) in [6.07, 6.45) is 0.965. The number of halogens is 4. The van der Waals surface area contributed by atoms with Crippen LogP contribution in [-0.4, -0.2) is 9.97 Å². The lowest BCUT2D eigenvalue weighted by Crippen LogP contribution is -1.99. The van der Waals surface area contributed by atoms with Gasteiger partial charge in [0.1, 0.15) is 18.0 Å². The Labute approximate surface area is 99.3 Å². The van der Waals surface area contributed by atoms with Gasteiger partial charge in [-0.3, -0.25) is 0 Å². The third-order valence-corrected chi connectivity index (χ3v) is 2.19. The molecular formula is C10H5ClF3N3. The zero-order chi connectivity index (χ0) is 12.4. The van der Waals surface area contributed by atoms with Crippen molar-refractivity contribution in [3.63, 3.8) is 0 Å². The van der Waals surface area contributed by atoms with Crippen molar-refractivity contribution in [2.75, 3.05) is 5.32 Å². The molecule has 1 aromatic carbocycles. The first-order chi connectivity index (χ1) is 8.06. The summed E-state index contributed by atoms with van der Waals surface area (Å²) >= 11 is 5.64. The largest absolute Gasteiger partial charge is 0.336 e. The second-order valence-corrected chi connectivity index (χ2v) is 3.50. The standard InChI is InChI=1S/C10H5ClF3N3/c11-6-1-5(12)2-7(13)10(6)17-9-3-8(14)15-4-16-9/h1-4H,(H,15,16,17). The average molecular weight is 260 g/mol. The summed E-state index contributed by atoms with van der Waals surface area (Å²) < 4.78 is 38.9. The summed E-state index contributed by atoms with van der Waals surface area (Å²) in [7, 11) is 0. The van der Waals surface area contributed by atoms with Crippen molar-refractivity contribution >= 4 is 23.1 Å². The number of nitrogens with zero attached hydrogens (tertiary/aromatic N) is 2. The van der Waals surface area contributed by atoms with Crippen LogP contribution in [0.2, 0.25) is 5.02 Å². The molecule has 1 N–H and O–H groups in total. The lowest BCUT2D eigenvalue weighted by atomic mass is 10.3. The maximum Gasteiger partial charge on any atom is 0.218 e. The molecule has 1 aromatic heterocycles. The van der Waals surface area contributed by atoms with Crippen LogP contribution in [0.1, 0.15) is 0 Å². The fraction of sp³-hybridized carbons (Fsp3) is 0. The zero-order valence-electron chi connectivity index (χ0n) is 8.22. The second-order valence-electron chi connectivity index (χ2n) is 3.10. The van der Waals surface area contributed by atoms with Gasteiger partial charge in [-0.25, -0.2) is 18.7 Å². The van der Waals surface area contributed by atoms with E-state index in [0.29, 0.717) is 6.07 Å². The first-order valence-corrected chi connectivity index (χ1v) is 4.83. The van der Waals surface area contributed by atoms with Crippen LogP contribution < -0.4 is 5.32 Å². The normalized spacial score (nSPS) is 10.4. The van der Waals surface area contributed by atoms with Crippen molar-refractivity contribution in [2.24, 2.45) is 0 Å². The van der Waals surface area contributed by atoms with E-state index >= 15 is 0 Å². The summed E-state index contributed by atoms with van der Waals surface area (Å²) in [5.41, 5.74) is -0.175. The van der Waals surface area contributed by atoms with Gasteiger partial charge in [-0.2, -0.15) is 4.39 Å². The van der Waals surface area contributed by atoms with E-state index in [9.17, 15) is 13.2 Å². The maximum absolute atomic E-state index is 13.4. The monoisotopic (exact) mass is 259 g/mol. The molecule has 1 heterocycles. The molecule has 0 saturated carbocycles. The molecule has 0 radical (unpaired) electrons. The molecule has 0 unspecified atom stereocenters. The summed E-state index contributed by atoms with van der Waals surface area (Å²) in [5.74, 6) is -2.45. The van der Waals surface area contributed by atoms with Gasteiger partial charge in [0.05, 0.1) is 10.7 Å². The minimum Gasteiger partial charge on any atom is -0.336 e. The van der Waals surface area contributed by atoms with Gasteiger partial charge in [0.15, 0.2) is 5.82 Å². The van der Waals surface area contributed by atoms with E-state index in [-0.39, 0.29) is 16.5 Å². The molecule has 0 atom stereocenters.